The van der Waals surface area contributed by atoms with Gasteiger partial charge in [0, 0.05) is 11.7 Å². The minimum atomic E-state index is -0.251. The average molecular weight is 322 g/mol. The predicted octanol–water partition coefficient (Wildman–Crippen LogP) is 5.32. The van der Waals surface area contributed by atoms with Crippen LogP contribution in [-0.2, 0) is 6.42 Å². The van der Waals surface area contributed by atoms with E-state index in [4.69, 9.17) is 0 Å². The topological polar surface area (TPSA) is 12.0 Å². The first-order valence-corrected chi connectivity index (χ1v) is 7.20. The van der Waals surface area contributed by atoms with Gasteiger partial charge in [-0.15, -0.1) is 0 Å². The molecule has 0 fully saturated rings. The Balaban J connectivity index is 2.10. The summed E-state index contributed by atoms with van der Waals surface area (Å²) in [5.74, 6) is -0.251. The third kappa shape index (κ3) is 3.57. The van der Waals surface area contributed by atoms with Gasteiger partial charge in [-0.1, -0.05) is 31.2 Å². The van der Waals surface area contributed by atoms with Crippen molar-refractivity contribution in [2.75, 3.05) is 5.32 Å². The zero-order valence-corrected chi connectivity index (χ0v) is 12.7. The van der Waals surface area contributed by atoms with Crippen molar-refractivity contribution in [2.24, 2.45) is 0 Å². The second-order valence-electron chi connectivity index (χ2n) is 4.59. The van der Waals surface area contributed by atoms with Crippen LogP contribution in [0.5, 0.6) is 0 Å². The lowest BCUT2D eigenvalue weighted by atomic mass is 10.0. The summed E-state index contributed by atoms with van der Waals surface area (Å²) in [5.41, 5.74) is 3.30. The lowest BCUT2D eigenvalue weighted by Gasteiger charge is -2.16. The van der Waals surface area contributed by atoms with Crippen molar-refractivity contribution in [2.45, 2.75) is 26.3 Å². The van der Waals surface area contributed by atoms with Gasteiger partial charge in [-0.3, -0.25) is 0 Å². The molecule has 1 unspecified atom stereocenters. The van der Waals surface area contributed by atoms with Crippen molar-refractivity contribution in [3.05, 3.63) is 63.9 Å². The van der Waals surface area contributed by atoms with E-state index in [1.807, 2.05) is 6.07 Å². The number of hydrogen-bond acceptors (Lipinski definition) is 1. The number of hydrogen-bond donors (Lipinski definition) is 1. The van der Waals surface area contributed by atoms with E-state index in [0.717, 1.165) is 12.1 Å². The van der Waals surface area contributed by atoms with Crippen LogP contribution >= 0.6 is 15.9 Å². The van der Waals surface area contributed by atoms with Gasteiger partial charge in [0.25, 0.3) is 0 Å². The molecular weight excluding hydrogens is 305 g/mol. The van der Waals surface area contributed by atoms with Crippen molar-refractivity contribution < 1.29 is 4.39 Å². The predicted molar refractivity (Wildman–Crippen MR) is 82.0 cm³/mol. The van der Waals surface area contributed by atoms with Crippen LogP contribution in [0.1, 0.15) is 31.0 Å². The SMILES string of the molecule is CCc1ccc(C(C)Nc2ccc(Br)c(F)c2)cc1. The monoisotopic (exact) mass is 321 g/mol. The van der Waals surface area contributed by atoms with Crippen molar-refractivity contribution in [3.63, 3.8) is 0 Å². The number of halogens is 2. The van der Waals surface area contributed by atoms with Crippen molar-refractivity contribution in [3.8, 4) is 0 Å². The fraction of sp³-hybridized carbons (Fsp3) is 0.250. The zero-order chi connectivity index (χ0) is 13.8. The normalized spacial score (nSPS) is 12.2. The average Bonchev–Trinajstić information content (AvgIpc) is 2.43. The van der Waals surface area contributed by atoms with Gasteiger partial charge in [0.2, 0.25) is 0 Å². The van der Waals surface area contributed by atoms with Crippen LogP contribution in [0.3, 0.4) is 0 Å². The molecule has 2 aromatic carbocycles. The first-order chi connectivity index (χ1) is 9.10. The number of nitrogens with one attached hydrogen (secondary N) is 1. The maximum Gasteiger partial charge on any atom is 0.139 e. The van der Waals surface area contributed by atoms with Crippen LogP contribution in [0, 0.1) is 5.82 Å². The van der Waals surface area contributed by atoms with Gasteiger partial charge in [0.1, 0.15) is 5.82 Å². The largest absolute Gasteiger partial charge is 0.378 e. The molecule has 0 spiro atoms. The molecule has 0 bridgehead atoms. The molecule has 0 heterocycles. The van der Waals surface area contributed by atoms with Gasteiger partial charge >= 0.3 is 0 Å². The van der Waals surface area contributed by atoms with E-state index in [1.165, 1.54) is 17.2 Å². The van der Waals surface area contributed by atoms with Gasteiger partial charge in [-0.05, 0) is 58.6 Å². The number of rotatable bonds is 4. The summed E-state index contributed by atoms with van der Waals surface area (Å²) in [6, 6.07) is 13.7. The molecular formula is C16H17BrFN. The highest BCUT2D eigenvalue weighted by Crippen LogP contribution is 2.23. The summed E-state index contributed by atoms with van der Waals surface area (Å²) in [4.78, 5) is 0. The molecule has 0 aliphatic carbocycles. The first-order valence-electron chi connectivity index (χ1n) is 6.40. The van der Waals surface area contributed by atoms with E-state index < -0.39 is 0 Å². The summed E-state index contributed by atoms with van der Waals surface area (Å²) in [7, 11) is 0. The molecule has 19 heavy (non-hydrogen) atoms. The third-order valence-electron chi connectivity index (χ3n) is 3.19. The third-order valence-corrected chi connectivity index (χ3v) is 3.83. The quantitative estimate of drug-likeness (QED) is 0.803. The van der Waals surface area contributed by atoms with Gasteiger partial charge in [0.15, 0.2) is 0 Å². The Morgan fingerprint density at radius 1 is 1.16 bits per heavy atom. The fourth-order valence-electron chi connectivity index (χ4n) is 1.96. The number of anilines is 1. The molecule has 0 aliphatic heterocycles. The standard InChI is InChI=1S/C16H17BrFN/c1-3-12-4-6-13(7-5-12)11(2)19-14-8-9-15(17)16(18)10-14/h4-11,19H,3H2,1-2H3. The Hall–Kier alpha value is -1.35. The van der Waals surface area contributed by atoms with Crippen LogP contribution in [-0.4, -0.2) is 0 Å². The van der Waals surface area contributed by atoms with Crippen LogP contribution in [0.15, 0.2) is 46.9 Å². The maximum atomic E-state index is 13.4. The second kappa shape index (κ2) is 6.20. The van der Waals surface area contributed by atoms with Gasteiger partial charge < -0.3 is 5.32 Å². The highest BCUT2D eigenvalue weighted by atomic mass is 79.9. The summed E-state index contributed by atoms with van der Waals surface area (Å²) in [6.45, 7) is 4.21. The summed E-state index contributed by atoms with van der Waals surface area (Å²) in [6.07, 6.45) is 1.04. The van der Waals surface area contributed by atoms with Crippen molar-refractivity contribution in [1.29, 1.82) is 0 Å². The minimum Gasteiger partial charge on any atom is -0.378 e. The van der Waals surface area contributed by atoms with Gasteiger partial charge in [-0.2, -0.15) is 0 Å². The lowest BCUT2D eigenvalue weighted by molar-refractivity contribution is 0.621. The summed E-state index contributed by atoms with van der Waals surface area (Å²) >= 11 is 3.15. The van der Waals surface area contributed by atoms with Gasteiger partial charge in [-0.25, -0.2) is 4.39 Å². The molecule has 3 heteroatoms. The summed E-state index contributed by atoms with van der Waals surface area (Å²) < 4.78 is 13.9. The molecule has 0 saturated heterocycles. The van der Waals surface area contributed by atoms with Crippen molar-refractivity contribution >= 4 is 21.6 Å². The van der Waals surface area contributed by atoms with E-state index in [9.17, 15) is 4.39 Å². The van der Waals surface area contributed by atoms with Crippen LogP contribution < -0.4 is 5.32 Å². The Kier molecular flexibility index (Phi) is 4.59. The molecule has 1 nitrogen and oxygen atoms in total. The highest BCUT2D eigenvalue weighted by Gasteiger charge is 2.07. The van der Waals surface area contributed by atoms with E-state index in [2.05, 4.69) is 59.4 Å². The van der Waals surface area contributed by atoms with Crippen LogP contribution in [0.2, 0.25) is 0 Å². The Morgan fingerprint density at radius 3 is 2.42 bits per heavy atom. The fourth-order valence-corrected chi connectivity index (χ4v) is 2.21. The van der Waals surface area contributed by atoms with E-state index >= 15 is 0 Å². The van der Waals surface area contributed by atoms with E-state index in [-0.39, 0.29) is 11.9 Å². The molecule has 0 radical (unpaired) electrons. The molecule has 0 aromatic heterocycles. The molecule has 2 rings (SSSR count). The Labute approximate surface area is 122 Å². The van der Waals surface area contributed by atoms with Gasteiger partial charge in [0.05, 0.1) is 4.47 Å². The van der Waals surface area contributed by atoms with E-state index in [1.54, 1.807) is 6.07 Å². The minimum absolute atomic E-state index is 0.145. The molecule has 100 valence electrons. The molecule has 1 N–H and O–H groups in total. The second-order valence-corrected chi connectivity index (χ2v) is 5.44. The molecule has 2 aromatic rings. The lowest BCUT2D eigenvalue weighted by Crippen LogP contribution is -2.06. The molecule has 0 amide bonds. The number of aryl methyl sites for hydroxylation is 1. The maximum absolute atomic E-state index is 13.4. The van der Waals surface area contributed by atoms with Crippen molar-refractivity contribution in [1.82, 2.24) is 0 Å². The van der Waals surface area contributed by atoms with Crippen LogP contribution in [0.25, 0.3) is 0 Å². The zero-order valence-electron chi connectivity index (χ0n) is 11.1. The molecule has 0 aliphatic rings. The molecule has 0 saturated carbocycles. The Bertz CT molecular complexity index is 551. The molecule has 1 atom stereocenters. The van der Waals surface area contributed by atoms with Crippen LogP contribution in [0.4, 0.5) is 10.1 Å². The summed E-state index contributed by atoms with van der Waals surface area (Å²) in [5, 5.41) is 3.30. The first kappa shape index (κ1) is 14.1. The van der Waals surface area contributed by atoms with E-state index in [0.29, 0.717) is 4.47 Å². The number of benzene rings is 2. The Morgan fingerprint density at radius 2 is 1.84 bits per heavy atom. The highest BCUT2D eigenvalue weighted by molar-refractivity contribution is 9.10. The smallest absolute Gasteiger partial charge is 0.139 e.